The molecule has 0 bridgehead atoms. The van der Waals surface area contributed by atoms with Gasteiger partial charge in [0.15, 0.2) is 18.1 Å². The molecule has 2 amide bonds. The van der Waals surface area contributed by atoms with Crippen molar-refractivity contribution in [3.05, 3.63) is 53.6 Å². The Hall–Kier alpha value is -3.99. The molecular weight excluding hydrogens is 446 g/mol. The topological polar surface area (TPSA) is 101 Å². The monoisotopic (exact) mass is 479 g/mol. The molecule has 2 aromatic carbocycles. The summed E-state index contributed by atoms with van der Waals surface area (Å²) >= 11 is 0. The smallest absolute Gasteiger partial charge is 0.266 e. The van der Waals surface area contributed by atoms with Gasteiger partial charge < -0.3 is 24.4 Å². The number of ether oxygens (including phenoxy) is 3. The summed E-state index contributed by atoms with van der Waals surface area (Å²) in [6.45, 7) is 9.93. The van der Waals surface area contributed by atoms with Crippen LogP contribution in [-0.4, -0.2) is 49.1 Å². The molecule has 2 aromatic rings. The Balaban J connectivity index is 2.19. The summed E-state index contributed by atoms with van der Waals surface area (Å²) in [4.78, 5) is 27.0. The van der Waals surface area contributed by atoms with Crippen LogP contribution in [0.5, 0.6) is 17.2 Å². The maximum absolute atomic E-state index is 12.6. The number of hydrogen-bond donors (Lipinski definition) is 1. The van der Waals surface area contributed by atoms with Gasteiger partial charge in [0.1, 0.15) is 17.4 Å². The molecule has 0 unspecified atom stereocenters. The van der Waals surface area contributed by atoms with Crippen molar-refractivity contribution in [2.45, 2.75) is 46.7 Å². The molecule has 0 spiro atoms. The van der Waals surface area contributed by atoms with E-state index in [1.54, 1.807) is 54.5 Å². The Bertz CT molecular complexity index is 1080. The van der Waals surface area contributed by atoms with Crippen LogP contribution in [0.3, 0.4) is 0 Å². The van der Waals surface area contributed by atoms with Gasteiger partial charge in [0, 0.05) is 17.8 Å². The van der Waals surface area contributed by atoms with E-state index in [4.69, 9.17) is 14.2 Å². The van der Waals surface area contributed by atoms with Gasteiger partial charge in [-0.3, -0.25) is 9.59 Å². The highest BCUT2D eigenvalue weighted by atomic mass is 16.5. The zero-order valence-corrected chi connectivity index (χ0v) is 21.1. The molecule has 0 aliphatic rings. The average molecular weight is 480 g/mol. The first-order chi connectivity index (χ1) is 16.7. The van der Waals surface area contributed by atoms with Crippen molar-refractivity contribution in [2.75, 3.05) is 25.6 Å². The number of anilines is 1. The molecule has 0 aromatic heterocycles. The van der Waals surface area contributed by atoms with Crippen molar-refractivity contribution >= 4 is 23.6 Å². The Labute approximate surface area is 207 Å². The summed E-state index contributed by atoms with van der Waals surface area (Å²) in [6, 6.07) is 13.9. The minimum absolute atomic E-state index is 0.0541. The lowest BCUT2D eigenvalue weighted by Crippen LogP contribution is -2.44. The maximum atomic E-state index is 12.6. The summed E-state index contributed by atoms with van der Waals surface area (Å²) in [5, 5.41) is 12.2. The standard InChI is InChI=1S/C27H33N3O5/c1-7-34-25-15-20(8-13-24(25)35-17-26(31)30(18(2)3)19(4)5)14-21(16-28)27(32)29-22-9-11-23(33-6)12-10-22/h8-15,18-19H,7,17H2,1-6H3,(H,29,32)/b21-14+. The van der Waals surface area contributed by atoms with E-state index in [1.807, 2.05) is 40.7 Å². The molecule has 0 saturated heterocycles. The minimum Gasteiger partial charge on any atom is -0.497 e. The zero-order valence-electron chi connectivity index (χ0n) is 21.1. The van der Waals surface area contributed by atoms with E-state index in [2.05, 4.69) is 5.32 Å². The van der Waals surface area contributed by atoms with Crippen molar-refractivity contribution < 1.29 is 23.8 Å². The lowest BCUT2D eigenvalue weighted by Gasteiger charge is -2.30. The Morgan fingerprint density at radius 2 is 1.69 bits per heavy atom. The normalized spacial score (nSPS) is 11.1. The van der Waals surface area contributed by atoms with Gasteiger partial charge in [-0.15, -0.1) is 0 Å². The largest absolute Gasteiger partial charge is 0.497 e. The Morgan fingerprint density at radius 3 is 2.23 bits per heavy atom. The van der Waals surface area contributed by atoms with Crippen LogP contribution in [0.15, 0.2) is 48.0 Å². The summed E-state index contributed by atoms with van der Waals surface area (Å²) in [5.74, 6) is 0.827. The SMILES string of the molecule is CCOc1cc(/C=C(\C#N)C(=O)Nc2ccc(OC)cc2)ccc1OCC(=O)N(C(C)C)C(C)C. The number of amides is 2. The van der Waals surface area contributed by atoms with Crippen LogP contribution in [0.2, 0.25) is 0 Å². The highest BCUT2D eigenvalue weighted by Crippen LogP contribution is 2.30. The van der Waals surface area contributed by atoms with Gasteiger partial charge in [-0.05, 0) is 82.7 Å². The van der Waals surface area contributed by atoms with Gasteiger partial charge in [-0.25, -0.2) is 0 Å². The summed E-state index contributed by atoms with van der Waals surface area (Å²) in [7, 11) is 1.56. The molecule has 0 aliphatic heterocycles. The second kappa shape index (κ2) is 13.0. The second-order valence-electron chi connectivity index (χ2n) is 8.27. The van der Waals surface area contributed by atoms with Crippen LogP contribution in [0.4, 0.5) is 5.69 Å². The lowest BCUT2D eigenvalue weighted by molar-refractivity contribution is -0.137. The van der Waals surface area contributed by atoms with Crippen LogP contribution >= 0.6 is 0 Å². The third kappa shape index (κ3) is 7.78. The first kappa shape index (κ1) is 27.3. The number of nitrogens with zero attached hydrogens (tertiary/aromatic N) is 2. The van der Waals surface area contributed by atoms with E-state index in [-0.39, 0.29) is 30.2 Å². The van der Waals surface area contributed by atoms with E-state index in [0.717, 1.165) is 0 Å². The number of hydrogen-bond acceptors (Lipinski definition) is 6. The molecule has 2 rings (SSSR count). The maximum Gasteiger partial charge on any atom is 0.266 e. The van der Waals surface area contributed by atoms with E-state index >= 15 is 0 Å². The molecule has 35 heavy (non-hydrogen) atoms. The number of nitrogens with one attached hydrogen (secondary N) is 1. The highest BCUT2D eigenvalue weighted by Gasteiger charge is 2.21. The number of benzene rings is 2. The quantitative estimate of drug-likeness (QED) is 0.371. The first-order valence-corrected chi connectivity index (χ1v) is 11.5. The molecule has 186 valence electrons. The number of carbonyl (C=O) groups excluding carboxylic acids is 2. The number of methoxy groups -OCH3 is 1. The van der Waals surface area contributed by atoms with Crippen molar-refractivity contribution in [2.24, 2.45) is 0 Å². The highest BCUT2D eigenvalue weighted by molar-refractivity contribution is 6.09. The summed E-state index contributed by atoms with van der Waals surface area (Å²) in [6.07, 6.45) is 1.47. The Morgan fingerprint density at radius 1 is 1.03 bits per heavy atom. The molecule has 0 fully saturated rings. The molecule has 0 saturated carbocycles. The molecule has 8 nitrogen and oxygen atoms in total. The molecule has 0 radical (unpaired) electrons. The summed E-state index contributed by atoms with van der Waals surface area (Å²) in [5.41, 5.74) is 1.05. The number of carbonyl (C=O) groups is 2. The summed E-state index contributed by atoms with van der Waals surface area (Å²) < 4.78 is 16.6. The fraction of sp³-hybridized carbons (Fsp3) is 0.370. The second-order valence-corrected chi connectivity index (χ2v) is 8.27. The van der Waals surface area contributed by atoms with Crippen molar-refractivity contribution in [1.82, 2.24) is 4.90 Å². The van der Waals surface area contributed by atoms with Gasteiger partial charge in [0.2, 0.25) is 0 Å². The molecule has 0 aliphatic carbocycles. The average Bonchev–Trinajstić information content (AvgIpc) is 2.82. The molecule has 0 heterocycles. The third-order valence-corrected chi connectivity index (χ3v) is 5.04. The van der Waals surface area contributed by atoms with Gasteiger partial charge in [-0.1, -0.05) is 6.07 Å². The van der Waals surface area contributed by atoms with E-state index in [9.17, 15) is 14.9 Å². The third-order valence-electron chi connectivity index (χ3n) is 5.04. The molecule has 0 atom stereocenters. The fourth-order valence-electron chi connectivity index (χ4n) is 3.58. The molecule has 8 heteroatoms. The Kier molecular flexibility index (Phi) is 10.2. The molecular formula is C27H33N3O5. The number of rotatable bonds is 11. The predicted molar refractivity (Wildman–Crippen MR) is 135 cm³/mol. The zero-order chi connectivity index (χ0) is 26.0. The molecule has 1 N–H and O–H groups in total. The van der Waals surface area contributed by atoms with Gasteiger partial charge in [0.25, 0.3) is 11.8 Å². The van der Waals surface area contributed by atoms with Gasteiger partial charge >= 0.3 is 0 Å². The fourth-order valence-corrected chi connectivity index (χ4v) is 3.58. The van der Waals surface area contributed by atoms with Gasteiger partial charge in [-0.2, -0.15) is 5.26 Å². The minimum atomic E-state index is -0.538. The van der Waals surface area contributed by atoms with Crippen LogP contribution in [-0.2, 0) is 9.59 Å². The van der Waals surface area contributed by atoms with E-state index < -0.39 is 5.91 Å². The van der Waals surface area contributed by atoms with Crippen LogP contribution in [0, 0.1) is 11.3 Å². The van der Waals surface area contributed by atoms with E-state index in [1.165, 1.54) is 6.08 Å². The van der Waals surface area contributed by atoms with Crippen LogP contribution < -0.4 is 19.5 Å². The van der Waals surface area contributed by atoms with Crippen molar-refractivity contribution in [3.8, 4) is 23.3 Å². The van der Waals surface area contributed by atoms with Crippen molar-refractivity contribution in [3.63, 3.8) is 0 Å². The first-order valence-electron chi connectivity index (χ1n) is 11.5. The van der Waals surface area contributed by atoms with Crippen LogP contribution in [0.25, 0.3) is 6.08 Å². The lowest BCUT2D eigenvalue weighted by atomic mass is 10.1. The van der Waals surface area contributed by atoms with Crippen LogP contribution in [0.1, 0.15) is 40.2 Å². The van der Waals surface area contributed by atoms with Crippen molar-refractivity contribution in [1.29, 1.82) is 5.26 Å². The number of nitriles is 1. The van der Waals surface area contributed by atoms with E-state index in [0.29, 0.717) is 35.1 Å². The predicted octanol–water partition coefficient (Wildman–Crippen LogP) is 4.66. The van der Waals surface area contributed by atoms with Gasteiger partial charge in [0.05, 0.1) is 13.7 Å².